The third kappa shape index (κ3) is 4.39. The molecule has 6 nitrogen and oxygen atoms in total. The summed E-state index contributed by atoms with van der Waals surface area (Å²) < 4.78 is 25.5. The van der Waals surface area contributed by atoms with E-state index in [2.05, 4.69) is 15.8 Å². The highest BCUT2D eigenvalue weighted by Crippen LogP contribution is 2.26. The first-order valence-electron chi connectivity index (χ1n) is 8.05. The number of hydrogen-bond acceptors (Lipinski definition) is 6. The summed E-state index contributed by atoms with van der Waals surface area (Å²) in [4.78, 5) is 16.5. The fourth-order valence-corrected chi connectivity index (χ4v) is 4.52. The first kappa shape index (κ1) is 18.3. The van der Waals surface area contributed by atoms with E-state index in [1.165, 1.54) is 11.3 Å². The summed E-state index contributed by atoms with van der Waals surface area (Å²) >= 11 is 1.42. The van der Waals surface area contributed by atoms with Gasteiger partial charge in [0.15, 0.2) is 9.84 Å². The molecule has 0 saturated heterocycles. The van der Waals surface area contributed by atoms with Crippen LogP contribution in [0.25, 0.3) is 10.2 Å². The molecule has 2 aromatic carbocycles. The summed E-state index contributed by atoms with van der Waals surface area (Å²) in [5.74, 6) is -0.654. The highest BCUT2D eigenvalue weighted by molar-refractivity contribution is 7.91. The van der Waals surface area contributed by atoms with Crippen LogP contribution in [-0.2, 0) is 14.6 Å². The number of aromatic nitrogens is 1. The zero-order valence-electron chi connectivity index (χ0n) is 14.4. The third-order valence-corrected chi connectivity index (χ3v) is 6.50. The largest absolute Gasteiger partial charge is 0.273 e. The Morgan fingerprint density at radius 2 is 1.77 bits per heavy atom. The van der Waals surface area contributed by atoms with E-state index in [4.69, 9.17) is 0 Å². The fraction of sp³-hybridized carbons (Fsp3) is 0.222. The predicted octanol–water partition coefficient (Wildman–Crippen LogP) is 3.22. The molecule has 0 saturated carbocycles. The van der Waals surface area contributed by atoms with Crippen LogP contribution in [0.4, 0.5) is 5.13 Å². The molecule has 0 atom stereocenters. The first-order chi connectivity index (χ1) is 12.3. The standard InChI is InChI=1S/C18H19N3O3S2/c1-12-3-6-14(7-4-12)26(23,24)10-9-17(22)20-21-18-19-15-8-5-13(2)11-16(15)25-18/h3-8,11H,9-10H2,1-2H3,(H,19,21)(H,20,22). The molecule has 1 aromatic heterocycles. The molecule has 3 aromatic rings. The lowest BCUT2D eigenvalue weighted by Crippen LogP contribution is -2.30. The second kappa shape index (κ2) is 7.43. The van der Waals surface area contributed by atoms with Gasteiger partial charge in [-0.05, 0) is 43.7 Å². The first-order valence-corrected chi connectivity index (χ1v) is 10.5. The number of amides is 1. The molecule has 2 N–H and O–H groups in total. The van der Waals surface area contributed by atoms with Crippen LogP contribution >= 0.6 is 11.3 Å². The molecule has 1 amide bonds. The molecule has 8 heteroatoms. The van der Waals surface area contributed by atoms with Crippen LogP contribution in [0, 0.1) is 13.8 Å². The number of carbonyl (C=O) groups is 1. The number of anilines is 1. The smallest absolute Gasteiger partial charge is 0.239 e. The molecule has 136 valence electrons. The van der Waals surface area contributed by atoms with Gasteiger partial charge in [0.25, 0.3) is 0 Å². The maximum absolute atomic E-state index is 12.3. The van der Waals surface area contributed by atoms with E-state index in [9.17, 15) is 13.2 Å². The zero-order chi connectivity index (χ0) is 18.7. The second-order valence-electron chi connectivity index (χ2n) is 6.05. The van der Waals surface area contributed by atoms with Crippen LogP contribution in [0.15, 0.2) is 47.4 Å². The number of aryl methyl sites for hydroxylation is 2. The van der Waals surface area contributed by atoms with E-state index in [1.807, 2.05) is 32.0 Å². The number of sulfone groups is 1. The van der Waals surface area contributed by atoms with Gasteiger partial charge in [-0.2, -0.15) is 0 Å². The minimum atomic E-state index is -3.48. The van der Waals surface area contributed by atoms with E-state index in [0.29, 0.717) is 5.13 Å². The van der Waals surface area contributed by atoms with Gasteiger partial charge in [-0.1, -0.05) is 35.1 Å². The summed E-state index contributed by atoms with van der Waals surface area (Å²) in [7, 11) is -3.48. The molecule has 0 unspecified atom stereocenters. The number of fused-ring (bicyclic) bond motifs is 1. The van der Waals surface area contributed by atoms with Gasteiger partial charge in [0.1, 0.15) is 0 Å². The minimum absolute atomic E-state index is 0.132. The molecule has 0 fully saturated rings. The lowest BCUT2D eigenvalue weighted by atomic mass is 10.2. The summed E-state index contributed by atoms with van der Waals surface area (Å²) in [6.07, 6.45) is -0.132. The Balaban J connectivity index is 1.55. The van der Waals surface area contributed by atoms with Gasteiger partial charge in [-0.15, -0.1) is 0 Å². The average Bonchev–Trinajstić information content (AvgIpc) is 3.00. The summed E-state index contributed by atoms with van der Waals surface area (Å²) in [6, 6.07) is 12.5. The van der Waals surface area contributed by atoms with Crippen LogP contribution < -0.4 is 10.9 Å². The molecule has 26 heavy (non-hydrogen) atoms. The van der Waals surface area contributed by atoms with Gasteiger partial charge in [0, 0.05) is 6.42 Å². The number of benzene rings is 2. The van der Waals surface area contributed by atoms with Crippen molar-refractivity contribution in [2.24, 2.45) is 0 Å². The average molecular weight is 390 g/mol. The Morgan fingerprint density at radius 1 is 1.08 bits per heavy atom. The Kier molecular flexibility index (Phi) is 5.24. The quantitative estimate of drug-likeness (QED) is 0.632. The van der Waals surface area contributed by atoms with Crippen molar-refractivity contribution in [3.63, 3.8) is 0 Å². The van der Waals surface area contributed by atoms with E-state index in [0.717, 1.165) is 21.3 Å². The lowest BCUT2D eigenvalue weighted by molar-refractivity contribution is -0.120. The van der Waals surface area contributed by atoms with Crippen molar-refractivity contribution in [3.05, 3.63) is 53.6 Å². The molecule has 0 aliphatic rings. The van der Waals surface area contributed by atoms with Crippen molar-refractivity contribution in [1.29, 1.82) is 0 Å². The highest BCUT2D eigenvalue weighted by Gasteiger charge is 2.16. The molecule has 0 aliphatic heterocycles. The van der Waals surface area contributed by atoms with Crippen molar-refractivity contribution in [2.45, 2.75) is 25.2 Å². The van der Waals surface area contributed by atoms with Gasteiger partial charge >= 0.3 is 0 Å². The van der Waals surface area contributed by atoms with Crippen molar-refractivity contribution in [3.8, 4) is 0 Å². The van der Waals surface area contributed by atoms with Gasteiger partial charge in [0.2, 0.25) is 11.0 Å². The number of hydrazine groups is 1. The molecular weight excluding hydrogens is 370 g/mol. The van der Waals surface area contributed by atoms with Crippen LogP contribution in [0.1, 0.15) is 17.5 Å². The number of nitrogens with one attached hydrogen (secondary N) is 2. The Labute approximate surface area is 156 Å². The molecule has 0 aliphatic carbocycles. The molecule has 0 spiro atoms. The fourth-order valence-electron chi connectivity index (χ4n) is 2.36. The third-order valence-electron chi connectivity index (χ3n) is 3.83. The molecule has 3 rings (SSSR count). The second-order valence-corrected chi connectivity index (χ2v) is 9.19. The van der Waals surface area contributed by atoms with Crippen molar-refractivity contribution < 1.29 is 13.2 Å². The molecule has 0 bridgehead atoms. The highest BCUT2D eigenvalue weighted by atomic mass is 32.2. The number of rotatable bonds is 6. The van der Waals surface area contributed by atoms with E-state index in [1.54, 1.807) is 24.3 Å². The zero-order valence-corrected chi connectivity index (χ0v) is 16.1. The van der Waals surface area contributed by atoms with Crippen LogP contribution in [0.3, 0.4) is 0 Å². The van der Waals surface area contributed by atoms with Crippen molar-refractivity contribution >= 4 is 42.4 Å². The number of thiazole rings is 1. The number of hydrogen-bond donors (Lipinski definition) is 2. The molecule has 0 radical (unpaired) electrons. The maximum Gasteiger partial charge on any atom is 0.239 e. The van der Waals surface area contributed by atoms with Crippen LogP contribution in [-0.4, -0.2) is 25.1 Å². The summed E-state index contributed by atoms with van der Waals surface area (Å²) in [6.45, 7) is 3.89. The molecule has 1 heterocycles. The van der Waals surface area contributed by atoms with Crippen molar-refractivity contribution in [1.82, 2.24) is 10.4 Å². The predicted molar refractivity (Wildman–Crippen MR) is 104 cm³/mol. The Hall–Kier alpha value is -2.45. The monoisotopic (exact) mass is 389 g/mol. The van der Waals surface area contributed by atoms with Gasteiger partial charge < -0.3 is 0 Å². The Morgan fingerprint density at radius 3 is 2.50 bits per heavy atom. The summed E-state index contributed by atoms with van der Waals surface area (Å²) in [5, 5.41) is 0.556. The van der Waals surface area contributed by atoms with E-state index < -0.39 is 15.7 Å². The minimum Gasteiger partial charge on any atom is -0.273 e. The lowest BCUT2D eigenvalue weighted by Gasteiger charge is -2.07. The SMILES string of the molecule is Cc1ccc(S(=O)(=O)CCC(=O)NNc2nc3ccc(C)cc3s2)cc1. The maximum atomic E-state index is 12.3. The van der Waals surface area contributed by atoms with Crippen LogP contribution in [0.2, 0.25) is 0 Å². The van der Waals surface area contributed by atoms with Gasteiger partial charge in [0.05, 0.1) is 20.9 Å². The van der Waals surface area contributed by atoms with Crippen LogP contribution in [0.5, 0.6) is 0 Å². The topological polar surface area (TPSA) is 88.2 Å². The van der Waals surface area contributed by atoms with Crippen molar-refractivity contribution in [2.75, 3.05) is 11.2 Å². The van der Waals surface area contributed by atoms with Gasteiger partial charge in [-0.25, -0.2) is 13.4 Å². The summed E-state index contributed by atoms with van der Waals surface area (Å²) in [5.41, 5.74) is 8.22. The Bertz CT molecular complexity index is 1040. The normalized spacial score (nSPS) is 11.5. The molecular formula is C18H19N3O3S2. The van der Waals surface area contributed by atoms with E-state index >= 15 is 0 Å². The number of nitrogens with zero attached hydrogens (tertiary/aromatic N) is 1. The van der Waals surface area contributed by atoms with E-state index in [-0.39, 0.29) is 17.1 Å². The van der Waals surface area contributed by atoms with Gasteiger partial charge in [-0.3, -0.25) is 15.6 Å². The number of carbonyl (C=O) groups excluding carboxylic acids is 1.